The molecule has 4 rings (SSSR count). The van der Waals surface area contributed by atoms with Crippen molar-refractivity contribution in [2.45, 2.75) is 0 Å². The van der Waals surface area contributed by atoms with Crippen LogP contribution in [0.5, 0.6) is 28.7 Å². The van der Waals surface area contributed by atoms with Gasteiger partial charge >= 0.3 is 0 Å². The van der Waals surface area contributed by atoms with Gasteiger partial charge in [-0.3, -0.25) is 9.69 Å². The molecule has 10 heteroatoms. The molecule has 0 spiro atoms. The maximum absolute atomic E-state index is 12.5. The minimum atomic E-state index is -0.671. The number of benzene rings is 2. The lowest BCUT2D eigenvalue weighted by Crippen LogP contribution is -2.38. The summed E-state index contributed by atoms with van der Waals surface area (Å²) in [6.07, 6.45) is 0. The number of rotatable bonds is 5. The second kappa shape index (κ2) is 9.34. The van der Waals surface area contributed by atoms with E-state index >= 15 is 0 Å². The van der Waals surface area contributed by atoms with E-state index in [1.165, 1.54) is 12.1 Å². The number of fused-ring (bicyclic) bond motifs is 1. The molecule has 0 unspecified atom stereocenters. The minimum Gasteiger partial charge on any atom is -0.507 e. The predicted octanol–water partition coefficient (Wildman–Crippen LogP) is 2.42. The van der Waals surface area contributed by atoms with Gasteiger partial charge in [-0.05, 0) is 12.1 Å². The van der Waals surface area contributed by atoms with Crippen LogP contribution in [0.3, 0.4) is 0 Å². The molecule has 9 nitrogen and oxygen atoms in total. The summed E-state index contributed by atoms with van der Waals surface area (Å²) in [6.45, 7) is 4.11. The van der Waals surface area contributed by atoms with Gasteiger partial charge in [-0.1, -0.05) is 0 Å². The van der Waals surface area contributed by atoms with E-state index in [4.69, 9.17) is 13.9 Å². The Bertz CT molecular complexity index is 1120. The van der Waals surface area contributed by atoms with Crippen molar-refractivity contribution in [3.8, 4) is 40.1 Å². The van der Waals surface area contributed by atoms with Crippen LogP contribution in [-0.4, -0.2) is 64.8 Å². The Hall–Kier alpha value is -3.14. The van der Waals surface area contributed by atoms with Crippen molar-refractivity contribution in [3.05, 3.63) is 40.6 Å². The highest BCUT2D eigenvalue weighted by Crippen LogP contribution is 2.39. The van der Waals surface area contributed by atoms with Crippen LogP contribution in [0, 0.1) is 0 Å². The fourth-order valence-corrected chi connectivity index (χ4v) is 3.33. The van der Waals surface area contributed by atoms with Crippen LogP contribution in [0.4, 0.5) is 0 Å². The zero-order chi connectivity index (χ0) is 21.3. The van der Waals surface area contributed by atoms with Crippen LogP contribution >= 0.6 is 12.4 Å². The van der Waals surface area contributed by atoms with Crippen LogP contribution in [0.25, 0.3) is 22.3 Å². The van der Waals surface area contributed by atoms with Crippen molar-refractivity contribution in [1.29, 1.82) is 0 Å². The minimum absolute atomic E-state index is 0. The molecule has 0 atom stereocenters. The highest BCUT2D eigenvalue weighted by Gasteiger charge is 2.16. The number of morpholine rings is 1. The van der Waals surface area contributed by atoms with Gasteiger partial charge in [0.1, 0.15) is 34.8 Å². The van der Waals surface area contributed by atoms with Gasteiger partial charge in [-0.25, -0.2) is 0 Å². The summed E-state index contributed by atoms with van der Waals surface area (Å²) in [7, 11) is 0. The average molecular weight is 452 g/mol. The Morgan fingerprint density at radius 1 is 0.935 bits per heavy atom. The molecule has 1 aromatic heterocycles. The molecule has 3 aromatic rings. The van der Waals surface area contributed by atoms with E-state index in [1.54, 1.807) is 0 Å². The standard InChI is InChI=1S/C21H21NO8.ClH/c23-14-9-13(29-6-3-22-1-4-28-5-2-22)10-19-20(14)15(24)11-18(30-19)12-7-16(25)21(27)17(26)8-12;/h7-11,23,25-27H,1-6H2;1H. The smallest absolute Gasteiger partial charge is 0.200 e. The summed E-state index contributed by atoms with van der Waals surface area (Å²) < 4.78 is 16.8. The molecule has 4 N–H and O–H groups in total. The zero-order valence-electron chi connectivity index (χ0n) is 16.4. The first kappa shape index (κ1) is 22.5. The fourth-order valence-electron chi connectivity index (χ4n) is 3.33. The van der Waals surface area contributed by atoms with E-state index in [0.717, 1.165) is 31.3 Å². The molecule has 1 fully saturated rings. The monoisotopic (exact) mass is 451 g/mol. The molecule has 2 heterocycles. The van der Waals surface area contributed by atoms with Crippen LogP contribution in [0.15, 0.2) is 39.5 Å². The first-order valence-corrected chi connectivity index (χ1v) is 9.41. The average Bonchev–Trinajstić information content (AvgIpc) is 2.72. The molecule has 1 saturated heterocycles. The first-order valence-electron chi connectivity index (χ1n) is 9.41. The van der Waals surface area contributed by atoms with Gasteiger partial charge in [0.15, 0.2) is 22.7 Å². The van der Waals surface area contributed by atoms with E-state index in [9.17, 15) is 25.2 Å². The van der Waals surface area contributed by atoms with E-state index < -0.39 is 22.7 Å². The van der Waals surface area contributed by atoms with Crippen molar-refractivity contribution in [2.24, 2.45) is 0 Å². The second-order valence-corrected chi connectivity index (χ2v) is 6.96. The SMILES string of the molecule is Cl.O=c1cc(-c2cc(O)c(O)c(O)c2)oc2cc(OCCN3CCOCC3)cc(O)c12. The number of nitrogens with zero attached hydrogens (tertiary/aromatic N) is 1. The molecule has 166 valence electrons. The number of hydrogen-bond acceptors (Lipinski definition) is 9. The summed E-state index contributed by atoms with van der Waals surface area (Å²) in [4.78, 5) is 14.7. The van der Waals surface area contributed by atoms with Crippen molar-refractivity contribution in [1.82, 2.24) is 4.90 Å². The summed E-state index contributed by atoms with van der Waals surface area (Å²) in [5.74, 6) is -1.68. The molecule has 0 amide bonds. The third-order valence-electron chi connectivity index (χ3n) is 4.92. The van der Waals surface area contributed by atoms with Gasteiger partial charge in [-0.15, -0.1) is 12.4 Å². The predicted molar refractivity (Wildman–Crippen MR) is 115 cm³/mol. The van der Waals surface area contributed by atoms with Gasteiger partial charge in [0.25, 0.3) is 0 Å². The molecule has 0 aliphatic carbocycles. The fraction of sp³-hybridized carbons (Fsp3) is 0.286. The largest absolute Gasteiger partial charge is 0.507 e. The summed E-state index contributed by atoms with van der Waals surface area (Å²) in [5.41, 5.74) is -0.235. The number of hydrogen-bond donors (Lipinski definition) is 4. The quantitative estimate of drug-likeness (QED) is 0.431. The summed E-state index contributed by atoms with van der Waals surface area (Å²) in [5, 5.41) is 39.2. The highest BCUT2D eigenvalue weighted by molar-refractivity contribution is 5.86. The number of aromatic hydroxyl groups is 4. The Morgan fingerprint density at radius 3 is 2.29 bits per heavy atom. The van der Waals surface area contributed by atoms with Crippen LogP contribution < -0.4 is 10.2 Å². The molecular formula is C21H22ClNO8. The van der Waals surface area contributed by atoms with E-state index in [0.29, 0.717) is 32.1 Å². The number of ether oxygens (including phenoxy) is 2. The summed E-state index contributed by atoms with van der Waals surface area (Å²) >= 11 is 0. The van der Waals surface area contributed by atoms with Crippen molar-refractivity contribution in [2.75, 3.05) is 39.5 Å². The van der Waals surface area contributed by atoms with Gasteiger partial charge < -0.3 is 34.3 Å². The Labute approximate surface area is 183 Å². The lowest BCUT2D eigenvalue weighted by atomic mass is 10.1. The van der Waals surface area contributed by atoms with Crippen LogP contribution in [-0.2, 0) is 4.74 Å². The highest BCUT2D eigenvalue weighted by atomic mass is 35.5. The van der Waals surface area contributed by atoms with Crippen LogP contribution in [0.2, 0.25) is 0 Å². The van der Waals surface area contributed by atoms with Crippen molar-refractivity contribution >= 4 is 23.4 Å². The zero-order valence-corrected chi connectivity index (χ0v) is 17.2. The van der Waals surface area contributed by atoms with Gasteiger partial charge in [0.05, 0.1) is 13.2 Å². The van der Waals surface area contributed by atoms with Crippen molar-refractivity contribution < 1.29 is 34.3 Å². The molecule has 0 radical (unpaired) electrons. The lowest BCUT2D eigenvalue weighted by Gasteiger charge is -2.26. The molecule has 0 saturated carbocycles. The molecule has 1 aliphatic rings. The molecule has 2 aromatic carbocycles. The Kier molecular flexibility index (Phi) is 6.79. The molecular weight excluding hydrogens is 430 g/mol. The van der Waals surface area contributed by atoms with Gasteiger partial charge in [0, 0.05) is 43.4 Å². The maximum Gasteiger partial charge on any atom is 0.200 e. The topological polar surface area (TPSA) is 133 Å². The lowest BCUT2D eigenvalue weighted by molar-refractivity contribution is 0.0322. The van der Waals surface area contributed by atoms with Crippen molar-refractivity contribution in [3.63, 3.8) is 0 Å². The molecule has 31 heavy (non-hydrogen) atoms. The van der Waals surface area contributed by atoms with Crippen LogP contribution in [0.1, 0.15) is 0 Å². The second-order valence-electron chi connectivity index (χ2n) is 6.96. The normalized spacial score (nSPS) is 14.3. The third-order valence-corrected chi connectivity index (χ3v) is 4.92. The Morgan fingerprint density at radius 2 is 1.61 bits per heavy atom. The molecule has 0 bridgehead atoms. The number of phenolic OH excluding ortho intramolecular Hbond substituents is 4. The maximum atomic E-state index is 12.5. The van der Waals surface area contributed by atoms with E-state index in [1.807, 2.05) is 0 Å². The molecule has 1 aliphatic heterocycles. The van der Waals surface area contributed by atoms with E-state index in [-0.39, 0.29) is 40.4 Å². The first-order chi connectivity index (χ1) is 14.4. The Balaban J connectivity index is 0.00000272. The third kappa shape index (κ3) is 4.79. The number of phenols is 4. The number of halogens is 1. The van der Waals surface area contributed by atoms with E-state index in [2.05, 4.69) is 4.90 Å². The van der Waals surface area contributed by atoms with Gasteiger partial charge in [-0.2, -0.15) is 0 Å². The van der Waals surface area contributed by atoms with Gasteiger partial charge in [0.2, 0.25) is 0 Å². The summed E-state index contributed by atoms with van der Waals surface area (Å²) in [6, 6.07) is 6.30.